The number of nitrogens with zero attached hydrogens (tertiary/aromatic N) is 1. The van der Waals surface area contributed by atoms with Crippen molar-refractivity contribution in [3.8, 4) is 5.75 Å². The van der Waals surface area contributed by atoms with Crippen LogP contribution >= 0.6 is 0 Å². The second-order valence-corrected chi connectivity index (χ2v) is 11.9. The summed E-state index contributed by atoms with van der Waals surface area (Å²) < 4.78 is 17.5. The lowest BCUT2D eigenvalue weighted by Crippen LogP contribution is -2.61. The third-order valence-electron chi connectivity index (χ3n) is 8.99. The lowest BCUT2D eigenvalue weighted by molar-refractivity contribution is -0.131. The van der Waals surface area contributed by atoms with Gasteiger partial charge in [-0.3, -0.25) is 9.78 Å². The summed E-state index contributed by atoms with van der Waals surface area (Å²) in [6.45, 7) is 2.63. The van der Waals surface area contributed by atoms with Crippen LogP contribution in [0.1, 0.15) is 62.3 Å². The Hall–Kier alpha value is -4.11. The standard InChI is InChI=1S/C34H42N4O5/c1-32(38-31(40)43-21-25-13-6-4-7-14-25,22-34(42-3)24-36-26-15-12-16-27(41-2)29(26)34)30(39)37-23-33(18-9-5-10-19-33)28-17-8-11-20-35-28/h4,6-8,11-17,20,36H,5,9-10,18-19,21-24H2,1-3H3,(H,37,39)(H,38,40)/t32-,34?/m0/s1. The zero-order valence-electron chi connectivity index (χ0n) is 25.3. The lowest BCUT2D eigenvalue weighted by Gasteiger charge is -2.40. The van der Waals surface area contributed by atoms with Gasteiger partial charge in [0.2, 0.25) is 5.91 Å². The van der Waals surface area contributed by atoms with E-state index in [0.717, 1.165) is 48.2 Å². The molecule has 5 rings (SSSR count). The van der Waals surface area contributed by atoms with Gasteiger partial charge < -0.3 is 30.2 Å². The van der Waals surface area contributed by atoms with Crippen molar-refractivity contribution in [1.82, 2.24) is 15.6 Å². The highest BCUT2D eigenvalue weighted by Crippen LogP contribution is 2.47. The van der Waals surface area contributed by atoms with E-state index in [1.54, 1.807) is 21.1 Å². The van der Waals surface area contributed by atoms with Crippen LogP contribution in [0.2, 0.25) is 0 Å². The van der Waals surface area contributed by atoms with E-state index in [2.05, 4.69) is 20.9 Å². The summed E-state index contributed by atoms with van der Waals surface area (Å²) in [6, 6.07) is 21.1. The number of carbonyl (C=O) groups excluding carboxylic acids is 2. The Labute approximate surface area is 253 Å². The second-order valence-electron chi connectivity index (χ2n) is 11.9. The first-order valence-corrected chi connectivity index (χ1v) is 15.0. The predicted molar refractivity (Wildman–Crippen MR) is 165 cm³/mol. The van der Waals surface area contributed by atoms with Crippen molar-refractivity contribution in [1.29, 1.82) is 0 Å². The summed E-state index contributed by atoms with van der Waals surface area (Å²) in [6.07, 6.45) is 6.44. The maximum absolute atomic E-state index is 14.3. The first-order chi connectivity index (χ1) is 20.8. The van der Waals surface area contributed by atoms with E-state index in [1.807, 2.05) is 72.9 Å². The van der Waals surface area contributed by atoms with Crippen LogP contribution < -0.4 is 20.7 Å². The van der Waals surface area contributed by atoms with E-state index in [9.17, 15) is 9.59 Å². The fraction of sp³-hybridized carbons (Fsp3) is 0.441. The van der Waals surface area contributed by atoms with Crippen LogP contribution in [0.5, 0.6) is 5.75 Å². The fourth-order valence-corrected chi connectivity index (χ4v) is 6.65. The number of nitrogens with one attached hydrogen (secondary N) is 3. The van der Waals surface area contributed by atoms with Gasteiger partial charge in [-0.05, 0) is 49.6 Å². The van der Waals surface area contributed by atoms with Crippen LogP contribution in [0.4, 0.5) is 10.5 Å². The number of carbonyl (C=O) groups is 2. The SMILES string of the molecule is COc1cccc2c1C(C[C@](C)(NC(=O)OCc1ccccc1)C(=O)NCC1(c3ccccn3)CCCCC1)(OC)CN2. The zero-order valence-corrected chi connectivity index (χ0v) is 25.3. The van der Waals surface area contributed by atoms with Gasteiger partial charge in [-0.1, -0.05) is 61.7 Å². The molecule has 2 aliphatic rings. The monoisotopic (exact) mass is 586 g/mol. The number of alkyl carbamates (subject to hydrolysis) is 1. The van der Waals surface area contributed by atoms with Crippen LogP contribution in [0, 0.1) is 0 Å². The van der Waals surface area contributed by atoms with E-state index >= 15 is 0 Å². The number of pyridine rings is 1. The number of hydrogen-bond donors (Lipinski definition) is 3. The van der Waals surface area contributed by atoms with Crippen LogP contribution in [-0.4, -0.2) is 49.8 Å². The van der Waals surface area contributed by atoms with Gasteiger partial charge >= 0.3 is 6.09 Å². The average molecular weight is 587 g/mol. The lowest BCUT2D eigenvalue weighted by atomic mass is 9.71. The molecule has 1 aromatic heterocycles. The average Bonchev–Trinajstić information content (AvgIpc) is 3.42. The van der Waals surface area contributed by atoms with Crippen molar-refractivity contribution in [2.75, 3.05) is 32.6 Å². The number of methoxy groups -OCH3 is 2. The number of hydrogen-bond acceptors (Lipinski definition) is 7. The van der Waals surface area contributed by atoms with Crippen molar-refractivity contribution >= 4 is 17.7 Å². The summed E-state index contributed by atoms with van der Waals surface area (Å²) in [4.78, 5) is 32.2. The number of amides is 2. The number of fused-ring (bicyclic) bond motifs is 1. The molecule has 1 fully saturated rings. The summed E-state index contributed by atoms with van der Waals surface area (Å²) in [5, 5.41) is 9.54. The first-order valence-electron chi connectivity index (χ1n) is 15.0. The maximum Gasteiger partial charge on any atom is 0.408 e. The molecule has 3 N–H and O–H groups in total. The Morgan fingerprint density at radius 3 is 2.44 bits per heavy atom. The van der Waals surface area contributed by atoms with Gasteiger partial charge in [0.05, 0.1) is 12.7 Å². The van der Waals surface area contributed by atoms with Crippen molar-refractivity contribution in [3.63, 3.8) is 0 Å². The molecule has 2 amide bonds. The van der Waals surface area contributed by atoms with Gasteiger partial charge in [-0.25, -0.2) is 4.79 Å². The Morgan fingerprint density at radius 1 is 0.977 bits per heavy atom. The summed E-state index contributed by atoms with van der Waals surface area (Å²) in [5.41, 5.74) is 0.901. The molecule has 1 aliphatic carbocycles. The van der Waals surface area contributed by atoms with E-state index in [4.69, 9.17) is 14.2 Å². The minimum Gasteiger partial charge on any atom is -0.496 e. The van der Waals surface area contributed by atoms with Crippen molar-refractivity contribution in [3.05, 3.63) is 89.7 Å². The second kappa shape index (κ2) is 13.0. The molecule has 0 spiro atoms. The van der Waals surface area contributed by atoms with Crippen molar-refractivity contribution < 1.29 is 23.8 Å². The predicted octanol–water partition coefficient (Wildman–Crippen LogP) is 5.45. The molecule has 43 heavy (non-hydrogen) atoms. The Morgan fingerprint density at radius 2 is 1.74 bits per heavy atom. The molecular formula is C34H42N4O5. The minimum absolute atomic E-state index is 0.0841. The molecule has 0 radical (unpaired) electrons. The number of rotatable bonds is 11. The summed E-state index contributed by atoms with van der Waals surface area (Å²) in [5.74, 6) is 0.333. The topological polar surface area (TPSA) is 111 Å². The molecule has 1 aliphatic heterocycles. The van der Waals surface area contributed by atoms with E-state index < -0.39 is 17.2 Å². The van der Waals surface area contributed by atoms with E-state index in [-0.39, 0.29) is 24.3 Å². The highest BCUT2D eigenvalue weighted by atomic mass is 16.5. The highest BCUT2D eigenvalue weighted by Gasteiger charge is 2.51. The van der Waals surface area contributed by atoms with E-state index in [1.165, 1.54) is 6.42 Å². The molecule has 2 aromatic carbocycles. The van der Waals surface area contributed by atoms with Crippen molar-refractivity contribution in [2.24, 2.45) is 0 Å². The normalized spacial score (nSPS) is 20.2. The molecule has 2 atom stereocenters. The van der Waals surface area contributed by atoms with Gasteiger partial charge in [0.25, 0.3) is 0 Å². The Balaban J connectivity index is 1.42. The van der Waals surface area contributed by atoms with Gasteiger partial charge in [0.15, 0.2) is 0 Å². The van der Waals surface area contributed by atoms with Gasteiger partial charge in [0, 0.05) is 49.6 Å². The third-order valence-corrected chi connectivity index (χ3v) is 8.99. The smallest absolute Gasteiger partial charge is 0.408 e. The van der Waals surface area contributed by atoms with E-state index in [0.29, 0.717) is 18.8 Å². The highest BCUT2D eigenvalue weighted by molar-refractivity contribution is 5.90. The summed E-state index contributed by atoms with van der Waals surface area (Å²) in [7, 11) is 3.23. The van der Waals surface area contributed by atoms with Gasteiger partial charge in [-0.2, -0.15) is 0 Å². The van der Waals surface area contributed by atoms with Crippen LogP contribution in [0.15, 0.2) is 72.9 Å². The molecule has 1 saturated carbocycles. The first kappa shape index (κ1) is 30.4. The van der Waals surface area contributed by atoms with Crippen LogP contribution in [0.25, 0.3) is 0 Å². The van der Waals surface area contributed by atoms with Crippen LogP contribution in [0.3, 0.4) is 0 Å². The quantitative estimate of drug-likeness (QED) is 0.274. The van der Waals surface area contributed by atoms with Gasteiger partial charge in [0.1, 0.15) is 23.5 Å². The maximum atomic E-state index is 14.3. The molecule has 0 saturated heterocycles. The molecule has 228 valence electrons. The molecule has 3 aromatic rings. The Bertz CT molecular complexity index is 1400. The number of aromatic nitrogens is 1. The molecule has 9 nitrogen and oxygen atoms in total. The van der Waals surface area contributed by atoms with Crippen molar-refractivity contribution in [2.45, 2.75) is 68.6 Å². The number of ether oxygens (including phenoxy) is 3. The molecule has 9 heteroatoms. The fourth-order valence-electron chi connectivity index (χ4n) is 6.65. The number of benzene rings is 2. The summed E-state index contributed by atoms with van der Waals surface area (Å²) >= 11 is 0. The molecule has 2 heterocycles. The molecular weight excluding hydrogens is 544 g/mol. The molecule has 1 unspecified atom stereocenters. The molecule has 0 bridgehead atoms. The number of anilines is 1. The minimum atomic E-state index is -1.39. The van der Waals surface area contributed by atoms with Crippen LogP contribution in [-0.2, 0) is 31.9 Å². The largest absolute Gasteiger partial charge is 0.496 e. The third kappa shape index (κ3) is 6.46. The Kier molecular flexibility index (Phi) is 9.20. The van der Waals surface area contributed by atoms with Gasteiger partial charge in [-0.15, -0.1) is 0 Å². The zero-order chi connectivity index (χ0) is 30.3.